The summed E-state index contributed by atoms with van der Waals surface area (Å²) in [4.78, 5) is 24.3. The summed E-state index contributed by atoms with van der Waals surface area (Å²) in [5, 5.41) is 10.6. The highest BCUT2D eigenvalue weighted by Gasteiger charge is 2.33. The molecule has 1 aliphatic rings. The highest BCUT2D eigenvalue weighted by molar-refractivity contribution is 5.83. The number of carbonyl (C=O) groups excluding carboxylic acids is 2. The topological polar surface area (TPSA) is 79.2 Å². The second kappa shape index (κ2) is 11.4. The van der Waals surface area contributed by atoms with E-state index in [9.17, 15) is 22.8 Å². The average molecular weight is 441 g/mol. The zero-order chi connectivity index (χ0) is 23.0. The smallest absolute Gasteiger partial charge is 0.416 e. The normalized spacial score (nSPS) is 16.4. The van der Waals surface area contributed by atoms with Gasteiger partial charge >= 0.3 is 6.18 Å². The monoisotopic (exact) mass is 440 g/mol. The Labute approximate surface area is 181 Å². The first-order valence-corrected chi connectivity index (χ1v) is 10.7. The summed E-state index contributed by atoms with van der Waals surface area (Å²) in [5.74, 6) is -0.189. The predicted octanol–water partition coefficient (Wildman–Crippen LogP) is 4.68. The van der Waals surface area contributed by atoms with E-state index in [1.807, 2.05) is 0 Å². The Bertz CT molecular complexity index is 800. The van der Waals surface area contributed by atoms with Gasteiger partial charge in [-0.1, -0.05) is 6.42 Å². The lowest BCUT2D eigenvalue weighted by Crippen LogP contribution is -2.22. The highest BCUT2D eigenvalue weighted by atomic mass is 19.4. The Hall–Kier alpha value is -2.22. The van der Waals surface area contributed by atoms with Crippen LogP contribution in [0.3, 0.4) is 0 Å². The summed E-state index contributed by atoms with van der Waals surface area (Å²) < 4.78 is 46.4. The number of hydrogen-bond acceptors (Lipinski definition) is 5. The first kappa shape index (κ1) is 25.0. The fourth-order valence-corrected chi connectivity index (χ4v) is 3.69. The third kappa shape index (κ3) is 8.44. The van der Waals surface area contributed by atoms with Crippen LogP contribution in [0.25, 0.3) is 0 Å². The molecule has 1 unspecified atom stereocenters. The molecule has 1 fully saturated rings. The molecule has 0 aliphatic carbocycles. The molecular formula is C23H31F3N2O3. The predicted molar refractivity (Wildman–Crippen MR) is 113 cm³/mol. The van der Waals surface area contributed by atoms with Gasteiger partial charge in [0.15, 0.2) is 0 Å². The minimum absolute atomic E-state index is 0.158. The number of Topliss-reactive ketones (excluding diaryl/α,β-unsaturated/α-hetero) is 2. The number of unbranched alkanes of at least 4 members (excludes halogenated alkanes) is 2. The first-order valence-electron chi connectivity index (χ1n) is 10.7. The van der Waals surface area contributed by atoms with Gasteiger partial charge in [-0.25, -0.2) is 0 Å². The minimum atomic E-state index is -4.58. The fraction of sp³-hybridized carbons (Fsp3) is 0.609. The number of carbonyl (C=O) groups is 2. The van der Waals surface area contributed by atoms with Crippen molar-refractivity contribution in [3.63, 3.8) is 0 Å². The minimum Gasteiger partial charge on any atom is -0.488 e. The molecule has 1 heterocycles. The Morgan fingerprint density at radius 3 is 2.29 bits per heavy atom. The lowest BCUT2D eigenvalue weighted by molar-refractivity contribution is -0.137. The van der Waals surface area contributed by atoms with Crippen molar-refractivity contribution in [1.82, 2.24) is 5.32 Å². The van der Waals surface area contributed by atoms with Crippen LogP contribution in [-0.4, -0.2) is 36.5 Å². The van der Waals surface area contributed by atoms with Crippen LogP contribution in [0.15, 0.2) is 12.1 Å². The van der Waals surface area contributed by atoms with Crippen LogP contribution in [0.4, 0.5) is 13.2 Å². The van der Waals surface area contributed by atoms with Gasteiger partial charge in [-0.05, 0) is 58.2 Å². The molecule has 8 heteroatoms. The van der Waals surface area contributed by atoms with Crippen LogP contribution in [-0.2, 0) is 28.6 Å². The molecule has 1 aromatic rings. The van der Waals surface area contributed by atoms with Crippen LogP contribution in [0.2, 0.25) is 0 Å². The Kier molecular flexibility index (Phi) is 9.22. The average Bonchev–Trinajstić information content (AvgIpc) is 3.15. The van der Waals surface area contributed by atoms with Crippen molar-refractivity contribution in [2.24, 2.45) is 0 Å². The molecule has 2 N–H and O–H groups in total. The lowest BCUT2D eigenvalue weighted by Gasteiger charge is -2.21. The van der Waals surface area contributed by atoms with Gasteiger partial charge in [-0.15, -0.1) is 0 Å². The Balaban J connectivity index is 2.24. The first-order chi connectivity index (χ1) is 14.6. The SMILES string of the molecule is CC(=N)CCCCCC(=O)Cc1cc(C(F)(F)F)cc(CC(C)=O)c1OC1CCNC1. The van der Waals surface area contributed by atoms with Gasteiger partial charge in [-0.3, -0.25) is 9.59 Å². The molecule has 1 aliphatic heterocycles. The number of benzene rings is 1. The number of alkyl halides is 3. The molecule has 1 aromatic carbocycles. The third-order valence-electron chi connectivity index (χ3n) is 5.20. The van der Waals surface area contributed by atoms with E-state index in [4.69, 9.17) is 10.1 Å². The summed E-state index contributed by atoms with van der Waals surface area (Å²) in [6.07, 6.45) is -1.23. The van der Waals surface area contributed by atoms with Crippen LogP contribution < -0.4 is 10.1 Å². The summed E-state index contributed by atoms with van der Waals surface area (Å²) in [7, 11) is 0. The van der Waals surface area contributed by atoms with Crippen molar-refractivity contribution < 1.29 is 27.5 Å². The van der Waals surface area contributed by atoms with E-state index in [0.717, 1.165) is 31.5 Å². The molecule has 0 spiro atoms. The lowest BCUT2D eigenvalue weighted by atomic mass is 9.95. The van der Waals surface area contributed by atoms with Crippen molar-refractivity contribution in [2.45, 2.75) is 77.5 Å². The van der Waals surface area contributed by atoms with E-state index in [1.165, 1.54) is 6.92 Å². The van der Waals surface area contributed by atoms with Crippen molar-refractivity contribution in [3.05, 3.63) is 28.8 Å². The van der Waals surface area contributed by atoms with Crippen molar-refractivity contribution in [3.8, 4) is 5.75 Å². The van der Waals surface area contributed by atoms with Gasteiger partial charge in [-0.2, -0.15) is 13.2 Å². The molecule has 2 rings (SSSR count). The number of hydrogen-bond donors (Lipinski definition) is 2. The largest absolute Gasteiger partial charge is 0.488 e. The number of ketones is 2. The summed E-state index contributed by atoms with van der Waals surface area (Å²) in [6.45, 7) is 4.37. The van der Waals surface area contributed by atoms with Gasteiger partial charge in [0.2, 0.25) is 0 Å². The Morgan fingerprint density at radius 2 is 1.74 bits per heavy atom. The quantitative estimate of drug-likeness (QED) is 0.365. The van der Waals surface area contributed by atoms with E-state index < -0.39 is 11.7 Å². The summed E-state index contributed by atoms with van der Waals surface area (Å²) in [5.41, 5.74) is 0.0955. The maximum absolute atomic E-state index is 13.5. The second-order valence-corrected chi connectivity index (χ2v) is 8.29. The maximum Gasteiger partial charge on any atom is 0.416 e. The number of nitrogens with one attached hydrogen (secondary N) is 2. The van der Waals surface area contributed by atoms with Gasteiger partial charge in [0.1, 0.15) is 23.4 Å². The standard InChI is InChI=1S/C23H31F3N2O3/c1-15(27)6-4-3-5-7-20(30)13-18-12-19(23(24,25)26)11-17(10-16(2)29)22(18)31-21-8-9-28-14-21/h11-12,21,27-28H,3-10,13-14H2,1-2H3. The maximum atomic E-state index is 13.5. The van der Waals surface area contributed by atoms with Crippen LogP contribution in [0.5, 0.6) is 5.75 Å². The summed E-state index contributed by atoms with van der Waals surface area (Å²) >= 11 is 0. The van der Waals surface area contributed by atoms with Crippen LogP contribution in [0.1, 0.15) is 69.1 Å². The van der Waals surface area contributed by atoms with Gasteiger partial charge < -0.3 is 15.5 Å². The fourth-order valence-electron chi connectivity index (χ4n) is 3.69. The van der Waals surface area contributed by atoms with E-state index in [2.05, 4.69) is 5.32 Å². The Morgan fingerprint density at radius 1 is 1.10 bits per heavy atom. The molecular weight excluding hydrogens is 409 g/mol. The zero-order valence-electron chi connectivity index (χ0n) is 18.2. The number of halogens is 3. The van der Waals surface area contributed by atoms with Gasteiger partial charge in [0.25, 0.3) is 0 Å². The van der Waals surface area contributed by atoms with Gasteiger partial charge in [0.05, 0.1) is 5.56 Å². The van der Waals surface area contributed by atoms with Crippen molar-refractivity contribution >= 4 is 17.3 Å². The highest BCUT2D eigenvalue weighted by Crippen LogP contribution is 2.37. The van der Waals surface area contributed by atoms with E-state index in [0.29, 0.717) is 31.5 Å². The van der Waals surface area contributed by atoms with Gasteiger partial charge in [0, 0.05) is 42.6 Å². The third-order valence-corrected chi connectivity index (χ3v) is 5.20. The molecule has 31 heavy (non-hydrogen) atoms. The molecule has 0 radical (unpaired) electrons. The summed E-state index contributed by atoms with van der Waals surface area (Å²) in [6, 6.07) is 1.95. The molecule has 0 bridgehead atoms. The van der Waals surface area contributed by atoms with Crippen molar-refractivity contribution in [2.75, 3.05) is 13.1 Å². The van der Waals surface area contributed by atoms with Crippen molar-refractivity contribution in [1.29, 1.82) is 5.41 Å². The number of rotatable bonds is 12. The van der Waals surface area contributed by atoms with E-state index in [1.54, 1.807) is 6.92 Å². The molecule has 1 saturated heterocycles. The van der Waals surface area contributed by atoms with E-state index in [-0.39, 0.29) is 53.8 Å². The number of ether oxygens (including phenoxy) is 1. The molecule has 1 atom stereocenters. The second-order valence-electron chi connectivity index (χ2n) is 8.29. The zero-order valence-corrected chi connectivity index (χ0v) is 18.2. The molecule has 172 valence electrons. The molecule has 0 amide bonds. The molecule has 5 nitrogen and oxygen atoms in total. The van der Waals surface area contributed by atoms with Crippen LogP contribution in [0, 0.1) is 5.41 Å². The van der Waals surface area contributed by atoms with E-state index >= 15 is 0 Å². The van der Waals surface area contributed by atoms with Crippen LogP contribution >= 0.6 is 0 Å². The molecule has 0 saturated carbocycles. The molecule has 0 aromatic heterocycles.